The summed E-state index contributed by atoms with van der Waals surface area (Å²) in [6, 6.07) is 6.08. The molecule has 0 radical (unpaired) electrons. The molecule has 1 amide bonds. The first-order valence-electron chi connectivity index (χ1n) is 7.93. The molecule has 1 aromatic carbocycles. The number of hydrogen-bond acceptors (Lipinski definition) is 6. The van der Waals surface area contributed by atoms with Crippen LogP contribution in [0.2, 0.25) is 0 Å². The first-order valence-corrected chi connectivity index (χ1v) is 9.37. The molecule has 0 bridgehead atoms. The highest BCUT2D eigenvalue weighted by Crippen LogP contribution is 2.25. The maximum Gasteiger partial charge on any atom is 0.422 e. The van der Waals surface area contributed by atoms with Crippen LogP contribution < -0.4 is 4.72 Å². The molecule has 0 aromatic heterocycles. The number of hydrogen-bond donors (Lipinski definition) is 1. The van der Waals surface area contributed by atoms with Gasteiger partial charge in [-0.15, -0.1) is 0 Å². The van der Waals surface area contributed by atoms with Crippen molar-refractivity contribution in [2.75, 3.05) is 13.1 Å². The van der Waals surface area contributed by atoms with E-state index in [0.29, 0.717) is 6.42 Å². The zero-order chi connectivity index (χ0) is 19.5. The Bertz CT molecular complexity index is 825. The number of carbonyl (C=O) groups is 1. The van der Waals surface area contributed by atoms with Crippen LogP contribution in [-0.4, -0.2) is 42.4 Å². The fourth-order valence-electron chi connectivity index (χ4n) is 2.40. The van der Waals surface area contributed by atoms with E-state index in [2.05, 4.69) is 0 Å². The van der Waals surface area contributed by atoms with Crippen LogP contribution in [0.25, 0.3) is 5.57 Å². The molecule has 1 heterocycles. The molecule has 0 unspecified atom stereocenters. The highest BCUT2D eigenvalue weighted by Gasteiger charge is 2.28. The largest absolute Gasteiger partial charge is 0.443 e. The molecule has 9 nitrogen and oxygen atoms in total. The third kappa shape index (κ3) is 5.27. The molecule has 0 spiro atoms. The molecule has 0 saturated heterocycles. The highest BCUT2D eigenvalue weighted by molar-refractivity contribution is 7.87. The highest BCUT2D eigenvalue weighted by atomic mass is 32.2. The number of amides is 1. The van der Waals surface area contributed by atoms with E-state index < -0.39 is 26.8 Å². The molecule has 1 aromatic rings. The minimum Gasteiger partial charge on any atom is -0.443 e. The Morgan fingerprint density at radius 1 is 1.27 bits per heavy atom. The zero-order valence-corrected chi connectivity index (χ0v) is 15.6. The molecule has 26 heavy (non-hydrogen) atoms. The van der Waals surface area contributed by atoms with Gasteiger partial charge in [-0.2, -0.15) is 12.7 Å². The third-order valence-electron chi connectivity index (χ3n) is 3.57. The van der Waals surface area contributed by atoms with E-state index in [-0.39, 0.29) is 18.8 Å². The van der Waals surface area contributed by atoms with Crippen molar-refractivity contribution in [1.29, 1.82) is 0 Å². The quantitative estimate of drug-likeness (QED) is 0.630. The Morgan fingerprint density at radius 3 is 2.35 bits per heavy atom. The fourth-order valence-corrected chi connectivity index (χ4v) is 3.38. The maximum absolute atomic E-state index is 12.3. The van der Waals surface area contributed by atoms with Crippen molar-refractivity contribution in [3.05, 3.63) is 46.0 Å². The topological polar surface area (TPSA) is 119 Å². The Balaban J connectivity index is 2.03. The summed E-state index contributed by atoms with van der Waals surface area (Å²) in [6.45, 7) is 5.18. The van der Waals surface area contributed by atoms with Crippen molar-refractivity contribution in [3.63, 3.8) is 0 Å². The summed E-state index contributed by atoms with van der Waals surface area (Å²) in [5, 5.41) is 10.7. The average molecular weight is 383 g/mol. The van der Waals surface area contributed by atoms with E-state index in [9.17, 15) is 23.3 Å². The van der Waals surface area contributed by atoms with Crippen molar-refractivity contribution in [1.82, 2.24) is 9.03 Å². The molecule has 2 rings (SSSR count). The number of rotatable bonds is 4. The van der Waals surface area contributed by atoms with Gasteiger partial charge < -0.3 is 4.74 Å². The van der Waals surface area contributed by atoms with E-state index in [1.165, 1.54) is 12.1 Å². The summed E-state index contributed by atoms with van der Waals surface area (Å²) in [5.41, 5.74) is 0.886. The van der Waals surface area contributed by atoms with Gasteiger partial charge in [-0.3, -0.25) is 10.1 Å². The number of ether oxygens (including phenoxy) is 1. The second-order valence-corrected chi connectivity index (χ2v) is 8.42. The summed E-state index contributed by atoms with van der Waals surface area (Å²) < 4.78 is 32.5. The number of nitrogens with one attached hydrogen (secondary N) is 1. The van der Waals surface area contributed by atoms with Gasteiger partial charge in [-0.05, 0) is 50.5 Å². The van der Waals surface area contributed by atoms with Gasteiger partial charge >= 0.3 is 16.3 Å². The van der Waals surface area contributed by atoms with Crippen LogP contribution >= 0.6 is 0 Å². The van der Waals surface area contributed by atoms with Crippen LogP contribution in [0.3, 0.4) is 0 Å². The molecule has 0 fully saturated rings. The lowest BCUT2D eigenvalue weighted by atomic mass is 10.0. The molecule has 10 heteroatoms. The van der Waals surface area contributed by atoms with Gasteiger partial charge in [0.05, 0.1) is 4.92 Å². The number of carbonyl (C=O) groups excluding carboxylic acids is 1. The summed E-state index contributed by atoms with van der Waals surface area (Å²) in [6.07, 6.45) is 1.12. The molecule has 0 aliphatic carbocycles. The average Bonchev–Trinajstić information content (AvgIpc) is 2.52. The maximum atomic E-state index is 12.3. The second-order valence-electron chi connectivity index (χ2n) is 6.75. The summed E-state index contributed by atoms with van der Waals surface area (Å²) in [7, 11) is -4.00. The summed E-state index contributed by atoms with van der Waals surface area (Å²) in [4.78, 5) is 21.9. The first-order chi connectivity index (χ1) is 12.0. The summed E-state index contributed by atoms with van der Waals surface area (Å²) in [5.74, 6) is 0. The zero-order valence-electron chi connectivity index (χ0n) is 14.8. The van der Waals surface area contributed by atoms with Crippen LogP contribution in [0, 0.1) is 10.1 Å². The SMILES string of the molecule is CC(C)(C)OC(=O)NS(=O)(=O)N1CC=C(c2ccc([N+](=O)[O-])cc2)CC1. The normalized spacial score (nSPS) is 15.9. The van der Waals surface area contributed by atoms with Gasteiger partial charge in [0.2, 0.25) is 0 Å². The molecule has 1 N–H and O–H groups in total. The van der Waals surface area contributed by atoms with E-state index in [1.54, 1.807) is 39.0 Å². The van der Waals surface area contributed by atoms with E-state index in [1.807, 2.05) is 4.72 Å². The summed E-state index contributed by atoms with van der Waals surface area (Å²) >= 11 is 0. The lowest BCUT2D eigenvalue weighted by Gasteiger charge is -2.26. The van der Waals surface area contributed by atoms with E-state index in [0.717, 1.165) is 15.4 Å². The van der Waals surface area contributed by atoms with Crippen molar-refractivity contribution in [2.24, 2.45) is 0 Å². The van der Waals surface area contributed by atoms with Crippen LogP contribution in [0.4, 0.5) is 10.5 Å². The van der Waals surface area contributed by atoms with Crippen LogP contribution in [0.1, 0.15) is 32.8 Å². The van der Waals surface area contributed by atoms with Gasteiger partial charge in [0.1, 0.15) is 5.60 Å². The van der Waals surface area contributed by atoms with E-state index >= 15 is 0 Å². The molecule has 1 aliphatic rings. The van der Waals surface area contributed by atoms with Crippen LogP contribution in [0.15, 0.2) is 30.3 Å². The monoisotopic (exact) mass is 383 g/mol. The molecule has 0 saturated carbocycles. The minimum atomic E-state index is -4.00. The van der Waals surface area contributed by atoms with Gasteiger partial charge in [-0.25, -0.2) is 9.52 Å². The Hall–Kier alpha value is -2.46. The Morgan fingerprint density at radius 2 is 1.88 bits per heavy atom. The molecule has 0 atom stereocenters. The number of nitro benzene ring substituents is 1. The molecule has 142 valence electrons. The minimum absolute atomic E-state index is 0.00377. The number of nitrogens with zero attached hydrogens (tertiary/aromatic N) is 2. The first kappa shape index (κ1) is 19.9. The number of nitro groups is 1. The smallest absolute Gasteiger partial charge is 0.422 e. The molecule has 1 aliphatic heterocycles. The van der Waals surface area contributed by atoms with Gasteiger partial charge in [0.25, 0.3) is 5.69 Å². The standard InChI is InChI=1S/C16H21N3O6S/c1-16(2,3)25-15(20)17-26(23,24)18-10-8-13(9-11-18)12-4-6-14(7-5-12)19(21)22/h4-8H,9-11H2,1-3H3,(H,17,20). The number of benzene rings is 1. The van der Waals surface area contributed by atoms with Crippen LogP contribution in [-0.2, 0) is 14.9 Å². The lowest BCUT2D eigenvalue weighted by molar-refractivity contribution is -0.384. The third-order valence-corrected chi connectivity index (χ3v) is 5.01. The predicted octanol–water partition coefficient (Wildman–Crippen LogP) is 2.45. The van der Waals surface area contributed by atoms with Crippen molar-refractivity contribution < 1.29 is 22.9 Å². The van der Waals surface area contributed by atoms with Gasteiger partial charge in [-0.1, -0.05) is 6.08 Å². The van der Waals surface area contributed by atoms with Gasteiger partial charge in [0.15, 0.2) is 0 Å². The second kappa shape index (κ2) is 7.42. The van der Waals surface area contributed by atoms with Crippen molar-refractivity contribution in [2.45, 2.75) is 32.8 Å². The molecular weight excluding hydrogens is 362 g/mol. The van der Waals surface area contributed by atoms with E-state index in [4.69, 9.17) is 4.74 Å². The van der Waals surface area contributed by atoms with Crippen LogP contribution in [0.5, 0.6) is 0 Å². The predicted molar refractivity (Wildman–Crippen MR) is 95.6 cm³/mol. The van der Waals surface area contributed by atoms with Gasteiger partial charge in [0, 0.05) is 25.2 Å². The lowest BCUT2D eigenvalue weighted by Crippen LogP contribution is -2.46. The van der Waals surface area contributed by atoms with Crippen molar-refractivity contribution in [3.8, 4) is 0 Å². The fraction of sp³-hybridized carbons (Fsp3) is 0.438. The Labute approximate surface area is 152 Å². The molecular formula is C16H21N3O6S. The Kier molecular flexibility index (Phi) is 5.67. The number of non-ortho nitro benzene ring substituents is 1. The van der Waals surface area contributed by atoms with Crippen molar-refractivity contribution >= 4 is 27.6 Å².